The summed E-state index contributed by atoms with van der Waals surface area (Å²) in [6.07, 6.45) is 1.94. The van der Waals surface area contributed by atoms with Gasteiger partial charge in [0.05, 0.1) is 12.3 Å². The Morgan fingerprint density at radius 1 is 1.19 bits per heavy atom. The second-order valence-corrected chi connectivity index (χ2v) is 8.45. The van der Waals surface area contributed by atoms with Gasteiger partial charge < -0.3 is 19.3 Å². The molecule has 1 saturated carbocycles. The maximum Gasteiger partial charge on any atom is 0.317 e. The molecule has 0 aromatic heterocycles. The van der Waals surface area contributed by atoms with Crippen molar-refractivity contribution in [2.75, 3.05) is 30.3 Å². The van der Waals surface area contributed by atoms with Gasteiger partial charge in [-0.1, -0.05) is 6.07 Å². The fourth-order valence-corrected chi connectivity index (χ4v) is 3.47. The zero-order valence-electron chi connectivity index (χ0n) is 16.7. The molecule has 2 amide bonds. The predicted molar refractivity (Wildman–Crippen MR) is 108 cm³/mol. The van der Waals surface area contributed by atoms with Crippen LogP contribution >= 0.6 is 0 Å². The number of nitrogens with one attached hydrogen (secondary N) is 1. The molecule has 0 bridgehead atoms. The van der Waals surface area contributed by atoms with Crippen molar-refractivity contribution in [1.82, 2.24) is 10.2 Å². The number of benzene rings is 1. The molecule has 7 nitrogen and oxygen atoms in total. The molecule has 0 aliphatic heterocycles. The first-order chi connectivity index (χ1) is 12.8. The van der Waals surface area contributed by atoms with Crippen molar-refractivity contribution in [3.05, 3.63) is 23.8 Å². The van der Waals surface area contributed by atoms with Crippen LogP contribution in [0.2, 0.25) is 0 Å². The summed E-state index contributed by atoms with van der Waals surface area (Å²) in [7, 11) is -3.66. The van der Waals surface area contributed by atoms with Crippen molar-refractivity contribution >= 4 is 21.8 Å². The van der Waals surface area contributed by atoms with Gasteiger partial charge in [0.1, 0.15) is 5.75 Å². The van der Waals surface area contributed by atoms with E-state index in [2.05, 4.69) is 10.2 Å². The van der Waals surface area contributed by atoms with E-state index >= 15 is 0 Å². The molecule has 152 valence electrons. The van der Waals surface area contributed by atoms with Gasteiger partial charge in [0.15, 0.2) is 0 Å². The zero-order chi connectivity index (χ0) is 20.0. The largest absolute Gasteiger partial charge is 0.382 e. The van der Waals surface area contributed by atoms with Crippen molar-refractivity contribution in [2.45, 2.75) is 53.1 Å². The molecule has 8 heteroatoms. The topological polar surface area (TPSA) is 79.0 Å². The highest BCUT2D eigenvalue weighted by molar-refractivity contribution is 7.87. The van der Waals surface area contributed by atoms with Crippen LogP contribution in [-0.2, 0) is 16.7 Å². The molecule has 1 fully saturated rings. The van der Waals surface area contributed by atoms with Crippen molar-refractivity contribution in [3.8, 4) is 5.75 Å². The van der Waals surface area contributed by atoms with E-state index in [1.165, 1.54) is 0 Å². The zero-order valence-corrected chi connectivity index (χ0v) is 17.5. The lowest BCUT2D eigenvalue weighted by molar-refractivity contribution is 0.192. The minimum absolute atomic E-state index is 0.107. The summed E-state index contributed by atoms with van der Waals surface area (Å²) in [6.45, 7) is 10.0. The molecule has 0 heterocycles. The van der Waals surface area contributed by atoms with Crippen LogP contribution in [0, 0.1) is 0 Å². The summed E-state index contributed by atoms with van der Waals surface area (Å²) in [6, 6.07) is 5.66. The first-order valence-corrected chi connectivity index (χ1v) is 11.3. The lowest BCUT2D eigenvalue weighted by atomic mass is 10.1. The molecule has 1 aromatic rings. The fourth-order valence-electron chi connectivity index (χ4n) is 2.92. The molecule has 1 aromatic carbocycles. The molecule has 1 aliphatic rings. The predicted octanol–water partition coefficient (Wildman–Crippen LogP) is 2.96. The van der Waals surface area contributed by atoms with Crippen molar-refractivity contribution in [3.63, 3.8) is 0 Å². The van der Waals surface area contributed by atoms with Gasteiger partial charge in [0.25, 0.3) is 0 Å². The van der Waals surface area contributed by atoms with Crippen LogP contribution in [0.25, 0.3) is 0 Å². The number of rotatable bonds is 10. The van der Waals surface area contributed by atoms with E-state index in [0.29, 0.717) is 24.4 Å². The average molecular weight is 398 g/mol. The molecule has 27 heavy (non-hydrogen) atoms. The highest BCUT2D eigenvalue weighted by Gasteiger charge is 2.33. The smallest absolute Gasteiger partial charge is 0.317 e. The molecular formula is C19H31N3O4S. The Labute approximate surface area is 162 Å². The first kappa shape index (κ1) is 21.3. The third-order valence-electron chi connectivity index (χ3n) is 4.67. The van der Waals surface area contributed by atoms with E-state index in [9.17, 15) is 13.2 Å². The molecule has 2 rings (SSSR count). The Balaban J connectivity index is 2.36. The molecule has 0 spiro atoms. The van der Waals surface area contributed by atoms with E-state index < -0.39 is 10.1 Å². The van der Waals surface area contributed by atoms with Gasteiger partial charge in [0.2, 0.25) is 0 Å². The number of anilines is 1. The molecule has 0 atom stereocenters. The van der Waals surface area contributed by atoms with Crippen molar-refractivity contribution < 1.29 is 17.4 Å². The maximum absolute atomic E-state index is 12.4. The SMILES string of the molecule is CCNC(=O)N(Cc1ccc(N(CC)CC)cc1OS(=O)(=O)CC)C1CC1. The van der Waals surface area contributed by atoms with Gasteiger partial charge in [-0.05, 0) is 46.6 Å². The Morgan fingerprint density at radius 2 is 1.85 bits per heavy atom. The van der Waals surface area contributed by atoms with Gasteiger partial charge in [-0.2, -0.15) is 8.42 Å². The molecule has 0 unspecified atom stereocenters. The Morgan fingerprint density at radius 3 is 2.37 bits per heavy atom. The van der Waals surface area contributed by atoms with Gasteiger partial charge in [-0.25, -0.2) is 4.79 Å². The number of hydrogen-bond acceptors (Lipinski definition) is 5. The molecule has 0 saturated heterocycles. The third-order valence-corrected chi connectivity index (χ3v) is 5.81. The standard InChI is InChI=1S/C19H31N3O4S/c1-5-20-19(23)22(16-11-12-16)14-15-9-10-17(21(6-2)7-3)13-18(15)26-27(24,25)8-4/h9-10,13,16H,5-8,11-12,14H2,1-4H3,(H,20,23). The number of carbonyl (C=O) groups excluding carboxylic acids is 1. The highest BCUT2D eigenvalue weighted by atomic mass is 32.2. The van der Waals surface area contributed by atoms with Crippen LogP contribution in [-0.4, -0.2) is 50.8 Å². The number of amides is 2. The van der Waals surface area contributed by atoms with E-state index in [1.54, 1.807) is 17.9 Å². The summed E-state index contributed by atoms with van der Waals surface area (Å²) in [5, 5.41) is 2.83. The quantitative estimate of drug-likeness (QED) is 0.614. The Bertz CT molecular complexity index is 743. The molecule has 1 aliphatic carbocycles. The lowest BCUT2D eigenvalue weighted by Gasteiger charge is -2.26. The van der Waals surface area contributed by atoms with E-state index in [0.717, 1.165) is 31.6 Å². The summed E-state index contributed by atoms with van der Waals surface area (Å²) in [4.78, 5) is 16.3. The number of nitrogens with zero attached hydrogens (tertiary/aromatic N) is 2. The molecule has 1 N–H and O–H groups in total. The van der Waals surface area contributed by atoms with Gasteiger partial charge in [-0.3, -0.25) is 0 Å². The molecule has 0 radical (unpaired) electrons. The highest BCUT2D eigenvalue weighted by Crippen LogP contribution is 2.33. The van der Waals surface area contributed by atoms with Crippen LogP contribution in [0.4, 0.5) is 10.5 Å². The van der Waals surface area contributed by atoms with Gasteiger partial charge in [-0.15, -0.1) is 0 Å². The van der Waals surface area contributed by atoms with E-state index in [1.807, 2.05) is 32.9 Å². The first-order valence-electron chi connectivity index (χ1n) is 9.69. The second kappa shape index (κ2) is 9.30. The maximum atomic E-state index is 12.4. The van der Waals surface area contributed by atoms with Crippen LogP contribution in [0.1, 0.15) is 46.1 Å². The van der Waals surface area contributed by atoms with E-state index in [4.69, 9.17) is 4.18 Å². The van der Waals surface area contributed by atoms with Crippen LogP contribution in [0.15, 0.2) is 18.2 Å². The third kappa shape index (κ3) is 5.76. The van der Waals surface area contributed by atoms with Gasteiger partial charge in [0, 0.05) is 43.0 Å². The summed E-state index contributed by atoms with van der Waals surface area (Å²) < 4.78 is 29.6. The van der Waals surface area contributed by atoms with Crippen LogP contribution in [0.5, 0.6) is 5.75 Å². The van der Waals surface area contributed by atoms with Crippen LogP contribution < -0.4 is 14.4 Å². The van der Waals surface area contributed by atoms with E-state index in [-0.39, 0.29) is 17.8 Å². The number of carbonyl (C=O) groups is 1. The summed E-state index contributed by atoms with van der Waals surface area (Å²) in [5.41, 5.74) is 1.60. The molecular weight excluding hydrogens is 366 g/mol. The minimum atomic E-state index is -3.66. The van der Waals surface area contributed by atoms with Crippen LogP contribution in [0.3, 0.4) is 0 Å². The normalized spacial score (nSPS) is 13.9. The van der Waals surface area contributed by atoms with Crippen molar-refractivity contribution in [2.24, 2.45) is 0 Å². The lowest BCUT2D eigenvalue weighted by Crippen LogP contribution is -2.40. The number of urea groups is 1. The Hall–Kier alpha value is -1.96. The minimum Gasteiger partial charge on any atom is -0.382 e. The summed E-state index contributed by atoms with van der Waals surface area (Å²) >= 11 is 0. The second-order valence-electron chi connectivity index (χ2n) is 6.59. The fraction of sp³-hybridized carbons (Fsp3) is 0.632. The van der Waals surface area contributed by atoms with Crippen molar-refractivity contribution in [1.29, 1.82) is 0 Å². The monoisotopic (exact) mass is 397 g/mol. The van der Waals surface area contributed by atoms with Gasteiger partial charge >= 0.3 is 16.1 Å². The Kier molecular flexibility index (Phi) is 7.35. The summed E-state index contributed by atoms with van der Waals surface area (Å²) in [5.74, 6) is 0.195. The average Bonchev–Trinajstić information content (AvgIpc) is 3.47. The number of hydrogen-bond donors (Lipinski definition) is 1.